The van der Waals surface area contributed by atoms with Crippen LogP contribution in [-0.4, -0.2) is 68.5 Å². The molecular formula is C22H28FN3O4. The average Bonchev–Trinajstić information content (AvgIpc) is 2.73. The van der Waals surface area contributed by atoms with Crippen molar-refractivity contribution in [3.05, 3.63) is 48.3 Å². The highest BCUT2D eigenvalue weighted by Gasteiger charge is 2.21. The predicted molar refractivity (Wildman–Crippen MR) is 114 cm³/mol. The number of hydrogen-bond donors (Lipinski definition) is 2. The van der Waals surface area contributed by atoms with Gasteiger partial charge in [-0.1, -0.05) is 12.1 Å². The lowest BCUT2D eigenvalue weighted by Crippen LogP contribution is -2.49. The lowest BCUT2D eigenvalue weighted by molar-refractivity contribution is -0.114. The Hall–Kier alpha value is -2.84. The number of amides is 1. The summed E-state index contributed by atoms with van der Waals surface area (Å²) in [5, 5.41) is 13.1. The van der Waals surface area contributed by atoms with Gasteiger partial charge in [0.15, 0.2) is 11.5 Å². The second-order valence-electron chi connectivity index (χ2n) is 7.25. The Labute approximate surface area is 176 Å². The molecule has 0 aliphatic carbocycles. The third-order valence-electron chi connectivity index (χ3n) is 4.95. The maximum absolute atomic E-state index is 13.9. The number of carbonyl (C=O) groups is 1. The minimum Gasteiger partial charge on any atom is -0.493 e. The van der Waals surface area contributed by atoms with Gasteiger partial charge in [-0.05, 0) is 24.3 Å². The van der Waals surface area contributed by atoms with Gasteiger partial charge >= 0.3 is 0 Å². The molecule has 1 aliphatic heterocycles. The minimum absolute atomic E-state index is 0.114. The van der Waals surface area contributed by atoms with Crippen LogP contribution in [0.5, 0.6) is 11.5 Å². The van der Waals surface area contributed by atoms with Crippen LogP contribution >= 0.6 is 0 Å². The van der Waals surface area contributed by atoms with Crippen molar-refractivity contribution >= 4 is 17.3 Å². The molecule has 0 saturated carbocycles. The highest BCUT2D eigenvalue weighted by Crippen LogP contribution is 2.30. The van der Waals surface area contributed by atoms with Gasteiger partial charge in [0.05, 0.1) is 12.8 Å². The molecule has 0 spiro atoms. The molecule has 2 aromatic carbocycles. The number of benzene rings is 2. The maximum Gasteiger partial charge on any atom is 0.221 e. The molecule has 1 heterocycles. The lowest BCUT2D eigenvalue weighted by Gasteiger charge is -2.36. The van der Waals surface area contributed by atoms with Crippen LogP contribution in [0, 0.1) is 5.82 Å². The van der Waals surface area contributed by atoms with Crippen LogP contribution < -0.4 is 19.7 Å². The molecule has 1 saturated heterocycles. The first-order valence-electron chi connectivity index (χ1n) is 9.94. The second kappa shape index (κ2) is 10.3. The number of para-hydroxylation sites is 1. The van der Waals surface area contributed by atoms with Crippen molar-refractivity contribution in [2.75, 3.05) is 56.7 Å². The van der Waals surface area contributed by atoms with Gasteiger partial charge in [-0.2, -0.15) is 0 Å². The number of methoxy groups -OCH3 is 1. The maximum atomic E-state index is 13.9. The topological polar surface area (TPSA) is 74.3 Å². The SMILES string of the molecule is COc1cc(NC(C)=O)ccc1OCC(O)CN1CCN(c2ccccc2F)CC1. The van der Waals surface area contributed by atoms with E-state index in [0.717, 1.165) is 13.1 Å². The Morgan fingerprint density at radius 1 is 1.17 bits per heavy atom. The zero-order valence-corrected chi connectivity index (χ0v) is 17.3. The van der Waals surface area contributed by atoms with Crippen LogP contribution in [0.1, 0.15) is 6.92 Å². The normalized spacial score (nSPS) is 15.5. The molecule has 1 unspecified atom stereocenters. The average molecular weight is 417 g/mol. The van der Waals surface area contributed by atoms with E-state index in [-0.39, 0.29) is 18.3 Å². The highest BCUT2D eigenvalue weighted by molar-refractivity contribution is 5.89. The first kappa shape index (κ1) is 21.9. The van der Waals surface area contributed by atoms with Gasteiger partial charge in [0.1, 0.15) is 18.5 Å². The molecule has 2 aromatic rings. The fraction of sp³-hybridized carbons (Fsp3) is 0.409. The lowest BCUT2D eigenvalue weighted by atomic mass is 10.2. The summed E-state index contributed by atoms with van der Waals surface area (Å²) < 4.78 is 25.0. The summed E-state index contributed by atoms with van der Waals surface area (Å²) in [5.74, 6) is 0.594. The fourth-order valence-corrected chi connectivity index (χ4v) is 3.48. The first-order chi connectivity index (χ1) is 14.5. The van der Waals surface area contributed by atoms with E-state index in [9.17, 15) is 14.3 Å². The summed E-state index contributed by atoms with van der Waals surface area (Å²) in [5.41, 5.74) is 1.23. The summed E-state index contributed by atoms with van der Waals surface area (Å²) in [6.07, 6.45) is -0.676. The number of β-amino-alcohol motifs (C(OH)–C–C–N with tert-alkyl or cyclic N) is 1. The number of aliphatic hydroxyl groups is 1. The van der Waals surface area contributed by atoms with Crippen molar-refractivity contribution in [1.29, 1.82) is 0 Å². The van der Waals surface area contributed by atoms with Gasteiger partial charge in [0.2, 0.25) is 5.91 Å². The summed E-state index contributed by atoms with van der Waals surface area (Å²) in [4.78, 5) is 15.3. The van der Waals surface area contributed by atoms with Gasteiger partial charge in [-0.3, -0.25) is 9.69 Å². The van der Waals surface area contributed by atoms with Crippen LogP contribution in [0.25, 0.3) is 0 Å². The number of nitrogens with one attached hydrogen (secondary N) is 1. The zero-order chi connectivity index (χ0) is 21.5. The Kier molecular flexibility index (Phi) is 7.48. The molecule has 1 aliphatic rings. The summed E-state index contributed by atoms with van der Waals surface area (Å²) in [7, 11) is 1.52. The number of ether oxygens (including phenoxy) is 2. The van der Waals surface area contributed by atoms with Crippen molar-refractivity contribution in [3.8, 4) is 11.5 Å². The van der Waals surface area contributed by atoms with Crippen molar-refractivity contribution in [3.63, 3.8) is 0 Å². The van der Waals surface area contributed by atoms with E-state index in [2.05, 4.69) is 10.2 Å². The monoisotopic (exact) mass is 417 g/mol. The molecule has 0 radical (unpaired) electrons. The molecule has 1 fully saturated rings. The number of halogens is 1. The summed E-state index contributed by atoms with van der Waals surface area (Å²) >= 11 is 0. The van der Waals surface area contributed by atoms with Crippen LogP contribution in [0.4, 0.5) is 15.8 Å². The molecule has 0 aromatic heterocycles. The largest absolute Gasteiger partial charge is 0.493 e. The fourth-order valence-electron chi connectivity index (χ4n) is 3.48. The van der Waals surface area contributed by atoms with Gasteiger partial charge in [0, 0.05) is 51.4 Å². The van der Waals surface area contributed by atoms with E-state index in [1.54, 1.807) is 30.3 Å². The van der Waals surface area contributed by atoms with E-state index in [0.29, 0.717) is 42.5 Å². The quantitative estimate of drug-likeness (QED) is 0.687. The van der Waals surface area contributed by atoms with E-state index >= 15 is 0 Å². The van der Waals surface area contributed by atoms with E-state index in [1.165, 1.54) is 20.1 Å². The van der Waals surface area contributed by atoms with Crippen LogP contribution in [0.3, 0.4) is 0 Å². The number of piperazine rings is 1. The van der Waals surface area contributed by atoms with Crippen LogP contribution in [-0.2, 0) is 4.79 Å². The molecular weight excluding hydrogens is 389 g/mol. The molecule has 7 nitrogen and oxygen atoms in total. The summed E-state index contributed by atoms with van der Waals surface area (Å²) in [6, 6.07) is 11.9. The third kappa shape index (κ3) is 5.84. The van der Waals surface area contributed by atoms with Gasteiger partial charge in [-0.15, -0.1) is 0 Å². The number of anilines is 2. The number of aliphatic hydroxyl groups excluding tert-OH is 1. The van der Waals surface area contributed by atoms with Crippen LogP contribution in [0.15, 0.2) is 42.5 Å². The third-order valence-corrected chi connectivity index (χ3v) is 4.95. The molecule has 8 heteroatoms. The molecule has 0 bridgehead atoms. The molecule has 3 rings (SSSR count). The Bertz CT molecular complexity index is 856. The first-order valence-corrected chi connectivity index (χ1v) is 9.94. The smallest absolute Gasteiger partial charge is 0.221 e. The van der Waals surface area contributed by atoms with Gasteiger partial charge in [-0.25, -0.2) is 4.39 Å². The molecule has 1 amide bonds. The minimum atomic E-state index is -0.676. The Balaban J connectivity index is 1.47. The van der Waals surface area contributed by atoms with Crippen molar-refractivity contribution < 1.29 is 23.8 Å². The van der Waals surface area contributed by atoms with Crippen molar-refractivity contribution in [1.82, 2.24) is 4.90 Å². The van der Waals surface area contributed by atoms with E-state index in [1.807, 2.05) is 11.0 Å². The zero-order valence-electron chi connectivity index (χ0n) is 17.3. The van der Waals surface area contributed by atoms with Crippen molar-refractivity contribution in [2.24, 2.45) is 0 Å². The number of carbonyl (C=O) groups excluding carboxylic acids is 1. The van der Waals surface area contributed by atoms with Gasteiger partial charge in [0.25, 0.3) is 0 Å². The Morgan fingerprint density at radius 2 is 1.90 bits per heavy atom. The predicted octanol–water partition coefficient (Wildman–Crippen LogP) is 2.35. The number of nitrogens with zero attached hydrogens (tertiary/aromatic N) is 2. The molecule has 1 atom stereocenters. The molecule has 2 N–H and O–H groups in total. The highest BCUT2D eigenvalue weighted by atomic mass is 19.1. The number of rotatable bonds is 8. The van der Waals surface area contributed by atoms with Gasteiger partial charge < -0.3 is 24.8 Å². The number of hydrogen-bond acceptors (Lipinski definition) is 6. The van der Waals surface area contributed by atoms with E-state index < -0.39 is 6.10 Å². The van der Waals surface area contributed by atoms with E-state index in [4.69, 9.17) is 9.47 Å². The molecule has 30 heavy (non-hydrogen) atoms. The van der Waals surface area contributed by atoms with Crippen LogP contribution in [0.2, 0.25) is 0 Å². The molecule has 162 valence electrons. The van der Waals surface area contributed by atoms with Crippen molar-refractivity contribution in [2.45, 2.75) is 13.0 Å². The Morgan fingerprint density at radius 3 is 2.57 bits per heavy atom. The standard InChI is InChI=1S/C22H28FN3O4/c1-16(27)24-17-7-8-21(22(13-17)29-2)30-15-18(28)14-25-9-11-26(12-10-25)20-6-4-3-5-19(20)23/h3-8,13,18,28H,9-12,14-15H2,1-2H3,(H,24,27). The summed E-state index contributed by atoms with van der Waals surface area (Å²) in [6.45, 7) is 4.89. The second-order valence-corrected chi connectivity index (χ2v) is 7.25.